The number of ether oxygens (including phenoxy) is 3. The Kier molecular flexibility index (Phi) is 6.95. The second kappa shape index (κ2) is 8.17. The number of rotatable bonds is 8. The Morgan fingerprint density at radius 2 is 1.93 bits per heavy atom. The third kappa shape index (κ3) is 5.54. The van der Waals surface area contributed by atoms with E-state index in [1.54, 1.807) is 0 Å². The molecular formula is C10H20O4. The second-order valence-electron chi connectivity index (χ2n) is 3.37. The van der Waals surface area contributed by atoms with Crippen molar-refractivity contribution >= 4 is 0 Å². The van der Waals surface area contributed by atoms with Crippen LogP contribution < -0.4 is 0 Å². The molecule has 0 aliphatic carbocycles. The van der Waals surface area contributed by atoms with E-state index in [2.05, 4.69) is 0 Å². The summed E-state index contributed by atoms with van der Waals surface area (Å²) in [7, 11) is 0. The quantitative estimate of drug-likeness (QED) is 0.588. The summed E-state index contributed by atoms with van der Waals surface area (Å²) in [5, 5.41) is 8.43. The van der Waals surface area contributed by atoms with E-state index in [1.807, 2.05) is 0 Å². The van der Waals surface area contributed by atoms with Crippen molar-refractivity contribution in [2.45, 2.75) is 25.4 Å². The minimum Gasteiger partial charge on any atom is -0.394 e. The zero-order valence-corrected chi connectivity index (χ0v) is 8.61. The van der Waals surface area contributed by atoms with E-state index in [0.29, 0.717) is 25.9 Å². The highest BCUT2D eigenvalue weighted by Gasteiger charge is 2.14. The minimum absolute atomic E-state index is 0.0793. The van der Waals surface area contributed by atoms with Gasteiger partial charge in [0.05, 0.1) is 32.5 Å². The van der Waals surface area contributed by atoms with Crippen LogP contribution in [0.1, 0.15) is 19.3 Å². The van der Waals surface area contributed by atoms with Gasteiger partial charge in [0.2, 0.25) is 0 Å². The fraction of sp³-hybridized carbons (Fsp3) is 1.00. The van der Waals surface area contributed by atoms with Gasteiger partial charge in [-0.25, -0.2) is 0 Å². The van der Waals surface area contributed by atoms with Gasteiger partial charge < -0.3 is 19.3 Å². The third-order valence-corrected chi connectivity index (χ3v) is 2.22. The smallest absolute Gasteiger partial charge is 0.0701 e. The summed E-state index contributed by atoms with van der Waals surface area (Å²) in [5.41, 5.74) is 0. The molecule has 1 heterocycles. The molecule has 1 rings (SSSR count). The molecule has 1 N–H and O–H groups in total. The first-order valence-electron chi connectivity index (χ1n) is 5.31. The zero-order chi connectivity index (χ0) is 10.1. The van der Waals surface area contributed by atoms with E-state index in [0.717, 1.165) is 19.6 Å². The molecule has 1 atom stereocenters. The molecule has 0 aromatic heterocycles. The first kappa shape index (κ1) is 11.9. The highest BCUT2D eigenvalue weighted by molar-refractivity contribution is 4.63. The Labute approximate surface area is 85.2 Å². The van der Waals surface area contributed by atoms with E-state index >= 15 is 0 Å². The van der Waals surface area contributed by atoms with E-state index in [9.17, 15) is 0 Å². The van der Waals surface area contributed by atoms with E-state index in [-0.39, 0.29) is 6.61 Å². The second-order valence-corrected chi connectivity index (χ2v) is 3.37. The lowest BCUT2D eigenvalue weighted by Gasteiger charge is -2.09. The predicted molar refractivity (Wildman–Crippen MR) is 52.3 cm³/mol. The molecule has 14 heavy (non-hydrogen) atoms. The van der Waals surface area contributed by atoms with Crippen molar-refractivity contribution in [2.75, 3.05) is 39.6 Å². The van der Waals surface area contributed by atoms with Crippen molar-refractivity contribution < 1.29 is 19.3 Å². The van der Waals surface area contributed by atoms with Gasteiger partial charge in [0.15, 0.2) is 0 Å². The van der Waals surface area contributed by atoms with Crippen molar-refractivity contribution in [1.29, 1.82) is 0 Å². The Hall–Kier alpha value is -0.160. The number of hydrogen-bond acceptors (Lipinski definition) is 4. The molecule has 0 aromatic rings. The molecule has 0 radical (unpaired) electrons. The summed E-state index contributed by atoms with van der Waals surface area (Å²) < 4.78 is 15.9. The summed E-state index contributed by atoms with van der Waals surface area (Å²) in [6.45, 7) is 3.29. The zero-order valence-electron chi connectivity index (χ0n) is 8.61. The molecule has 0 bridgehead atoms. The van der Waals surface area contributed by atoms with Crippen LogP contribution in [-0.4, -0.2) is 50.9 Å². The molecule has 1 aliphatic rings. The molecular weight excluding hydrogens is 184 g/mol. The maximum Gasteiger partial charge on any atom is 0.0701 e. The molecule has 1 unspecified atom stereocenters. The Balaban J connectivity index is 1.75. The Morgan fingerprint density at radius 3 is 2.57 bits per heavy atom. The summed E-state index contributed by atoms with van der Waals surface area (Å²) in [5.74, 6) is 0. The first-order chi connectivity index (χ1) is 6.93. The SMILES string of the molecule is OCCOCCOCCC1CCCO1. The van der Waals surface area contributed by atoms with E-state index in [4.69, 9.17) is 19.3 Å². The lowest BCUT2D eigenvalue weighted by molar-refractivity contribution is 0.0174. The summed E-state index contributed by atoms with van der Waals surface area (Å²) in [4.78, 5) is 0. The topological polar surface area (TPSA) is 47.9 Å². The molecule has 4 nitrogen and oxygen atoms in total. The lowest BCUT2D eigenvalue weighted by atomic mass is 10.2. The molecule has 0 saturated carbocycles. The Morgan fingerprint density at radius 1 is 1.14 bits per heavy atom. The van der Waals surface area contributed by atoms with Crippen molar-refractivity contribution in [3.8, 4) is 0 Å². The van der Waals surface area contributed by atoms with Gasteiger partial charge in [-0.1, -0.05) is 0 Å². The van der Waals surface area contributed by atoms with E-state index < -0.39 is 0 Å². The van der Waals surface area contributed by atoms with Crippen LogP contribution in [0, 0.1) is 0 Å². The summed E-state index contributed by atoms with van der Waals surface area (Å²) in [6, 6.07) is 0. The van der Waals surface area contributed by atoms with E-state index in [1.165, 1.54) is 12.8 Å². The van der Waals surface area contributed by atoms with Crippen LogP contribution in [0.2, 0.25) is 0 Å². The fourth-order valence-corrected chi connectivity index (χ4v) is 1.47. The number of hydrogen-bond donors (Lipinski definition) is 1. The van der Waals surface area contributed by atoms with Gasteiger partial charge in [-0.15, -0.1) is 0 Å². The van der Waals surface area contributed by atoms with Gasteiger partial charge in [-0.2, -0.15) is 0 Å². The number of aliphatic hydroxyl groups excluding tert-OH is 1. The minimum atomic E-state index is 0.0793. The van der Waals surface area contributed by atoms with Gasteiger partial charge in [-0.3, -0.25) is 0 Å². The monoisotopic (exact) mass is 204 g/mol. The fourth-order valence-electron chi connectivity index (χ4n) is 1.47. The summed E-state index contributed by atoms with van der Waals surface area (Å²) >= 11 is 0. The maximum atomic E-state index is 8.43. The number of aliphatic hydroxyl groups is 1. The maximum absolute atomic E-state index is 8.43. The molecule has 1 fully saturated rings. The predicted octanol–water partition coefficient (Wildman–Crippen LogP) is 0.581. The van der Waals surface area contributed by atoms with Crippen molar-refractivity contribution in [3.05, 3.63) is 0 Å². The van der Waals surface area contributed by atoms with Crippen LogP contribution >= 0.6 is 0 Å². The van der Waals surface area contributed by atoms with Gasteiger partial charge in [0.25, 0.3) is 0 Å². The molecule has 4 heteroatoms. The van der Waals surface area contributed by atoms with Gasteiger partial charge in [0, 0.05) is 13.2 Å². The van der Waals surface area contributed by atoms with Crippen LogP contribution in [-0.2, 0) is 14.2 Å². The van der Waals surface area contributed by atoms with Gasteiger partial charge >= 0.3 is 0 Å². The van der Waals surface area contributed by atoms with Crippen molar-refractivity contribution in [3.63, 3.8) is 0 Å². The molecule has 84 valence electrons. The standard InChI is InChI=1S/C10H20O4/c11-4-7-13-9-8-12-6-3-10-2-1-5-14-10/h10-11H,1-9H2. The third-order valence-electron chi connectivity index (χ3n) is 2.22. The average Bonchev–Trinajstić information content (AvgIpc) is 2.69. The van der Waals surface area contributed by atoms with Crippen LogP contribution in [0.3, 0.4) is 0 Å². The molecule has 1 aliphatic heterocycles. The largest absolute Gasteiger partial charge is 0.394 e. The van der Waals surface area contributed by atoms with Crippen LogP contribution in [0.15, 0.2) is 0 Å². The van der Waals surface area contributed by atoms with Gasteiger partial charge in [0.1, 0.15) is 0 Å². The molecule has 0 aromatic carbocycles. The highest BCUT2D eigenvalue weighted by atomic mass is 16.5. The first-order valence-corrected chi connectivity index (χ1v) is 5.31. The van der Waals surface area contributed by atoms with Gasteiger partial charge in [-0.05, 0) is 19.3 Å². The van der Waals surface area contributed by atoms with Crippen LogP contribution in [0.5, 0.6) is 0 Å². The molecule has 0 amide bonds. The van der Waals surface area contributed by atoms with Crippen molar-refractivity contribution in [1.82, 2.24) is 0 Å². The van der Waals surface area contributed by atoms with Crippen LogP contribution in [0.25, 0.3) is 0 Å². The normalized spacial score (nSPS) is 21.6. The molecule has 1 saturated heterocycles. The average molecular weight is 204 g/mol. The highest BCUT2D eigenvalue weighted by Crippen LogP contribution is 2.14. The van der Waals surface area contributed by atoms with Crippen LogP contribution in [0.4, 0.5) is 0 Å². The summed E-state index contributed by atoms with van der Waals surface area (Å²) in [6.07, 6.45) is 3.75. The molecule has 0 spiro atoms. The Bertz CT molecular complexity index is 123. The lowest BCUT2D eigenvalue weighted by Crippen LogP contribution is -2.12. The van der Waals surface area contributed by atoms with Crippen molar-refractivity contribution in [2.24, 2.45) is 0 Å².